The maximum Gasteiger partial charge on any atom is 0.260 e. The first-order valence-electron chi connectivity index (χ1n) is 7.27. The summed E-state index contributed by atoms with van der Waals surface area (Å²) in [6.45, 7) is 3.23. The first-order chi connectivity index (χ1) is 10.0. The number of nitrogens with one attached hydrogen (secondary N) is 2. The fraction of sp³-hybridized carbons (Fsp3) is 0.643. The highest BCUT2D eigenvalue weighted by Crippen LogP contribution is 2.42. The minimum Gasteiger partial charge on any atom is -0.383 e. The van der Waals surface area contributed by atoms with Crippen LogP contribution in [-0.4, -0.2) is 37.5 Å². The van der Waals surface area contributed by atoms with Gasteiger partial charge >= 0.3 is 0 Å². The molecule has 7 heteroatoms. The molecular formula is C14H23N3O2S2. The summed E-state index contributed by atoms with van der Waals surface area (Å²) < 4.78 is 27.8. The summed E-state index contributed by atoms with van der Waals surface area (Å²) >= 11 is 1.75. The first kappa shape index (κ1) is 16.6. The smallest absolute Gasteiger partial charge is 0.260 e. The van der Waals surface area contributed by atoms with Gasteiger partial charge in [-0.1, -0.05) is 13.3 Å². The molecule has 0 bridgehead atoms. The maximum absolute atomic E-state index is 12.5. The van der Waals surface area contributed by atoms with Gasteiger partial charge in [-0.05, 0) is 37.7 Å². The molecular weight excluding hydrogens is 306 g/mol. The molecule has 1 aromatic heterocycles. The molecule has 21 heavy (non-hydrogen) atoms. The monoisotopic (exact) mass is 329 g/mol. The van der Waals surface area contributed by atoms with E-state index in [0.29, 0.717) is 12.2 Å². The van der Waals surface area contributed by atoms with E-state index in [0.717, 1.165) is 25.8 Å². The topological polar surface area (TPSA) is 71.1 Å². The van der Waals surface area contributed by atoms with E-state index in [-0.39, 0.29) is 9.77 Å². The van der Waals surface area contributed by atoms with Crippen LogP contribution in [0.4, 0.5) is 5.69 Å². The van der Waals surface area contributed by atoms with Gasteiger partial charge in [0.2, 0.25) is 0 Å². The number of aromatic nitrogens is 1. The van der Waals surface area contributed by atoms with Crippen molar-refractivity contribution in [3.8, 4) is 0 Å². The molecule has 1 aliphatic carbocycles. The van der Waals surface area contributed by atoms with E-state index >= 15 is 0 Å². The fourth-order valence-electron chi connectivity index (χ4n) is 2.32. The third-order valence-corrected chi connectivity index (χ3v) is 6.65. The molecule has 1 saturated carbocycles. The van der Waals surface area contributed by atoms with Crippen molar-refractivity contribution < 1.29 is 8.42 Å². The molecule has 1 aliphatic rings. The van der Waals surface area contributed by atoms with E-state index in [1.807, 2.05) is 13.2 Å². The van der Waals surface area contributed by atoms with Gasteiger partial charge in [-0.2, -0.15) is 11.8 Å². The Balaban J connectivity index is 2.12. The largest absolute Gasteiger partial charge is 0.383 e. The number of sulfonamides is 1. The average molecular weight is 329 g/mol. The van der Waals surface area contributed by atoms with E-state index < -0.39 is 10.0 Å². The van der Waals surface area contributed by atoms with Crippen molar-refractivity contribution in [2.24, 2.45) is 0 Å². The number of thioether (sulfide) groups is 1. The molecule has 1 heterocycles. The molecule has 0 spiro atoms. The van der Waals surface area contributed by atoms with Gasteiger partial charge in [0.1, 0.15) is 0 Å². The van der Waals surface area contributed by atoms with Crippen LogP contribution in [0.2, 0.25) is 0 Å². The summed E-state index contributed by atoms with van der Waals surface area (Å²) in [5, 5.41) is 3.21. The van der Waals surface area contributed by atoms with Crippen molar-refractivity contribution in [2.45, 2.75) is 42.4 Å². The van der Waals surface area contributed by atoms with Gasteiger partial charge in [0.05, 0.1) is 5.69 Å². The van der Waals surface area contributed by atoms with E-state index in [4.69, 9.17) is 0 Å². The van der Waals surface area contributed by atoms with Crippen molar-refractivity contribution in [1.82, 2.24) is 9.71 Å². The number of anilines is 1. The molecule has 0 radical (unpaired) electrons. The first-order valence-corrected chi connectivity index (χ1v) is 9.97. The predicted octanol–water partition coefficient (Wildman–Crippen LogP) is 2.47. The van der Waals surface area contributed by atoms with Gasteiger partial charge in [-0.15, -0.1) is 0 Å². The molecule has 1 aromatic rings. The van der Waals surface area contributed by atoms with Crippen LogP contribution in [0, 0.1) is 0 Å². The van der Waals surface area contributed by atoms with E-state index in [1.54, 1.807) is 23.9 Å². The minimum atomic E-state index is -3.58. The third-order valence-electron chi connectivity index (χ3n) is 3.87. The van der Waals surface area contributed by atoms with Crippen molar-refractivity contribution in [3.63, 3.8) is 0 Å². The zero-order valence-corrected chi connectivity index (χ0v) is 14.2. The number of hydrogen-bond donors (Lipinski definition) is 2. The van der Waals surface area contributed by atoms with Gasteiger partial charge in [0.15, 0.2) is 5.03 Å². The van der Waals surface area contributed by atoms with Gasteiger partial charge in [0.25, 0.3) is 10.0 Å². The third kappa shape index (κ3) is 3.90. The minimum absolute atomic E-state index is 0.0683. The lowest BCUT2D eigenvalue weighted by Gasteiger charge is -2.40. The van der Waals surface area contributed by atoms with Crippen LogP contribution in [0.1, 0.15) is 32.6 Å². The van der Waals surface area contributed by atoms with Crippen molar-refractivity contribution in [2.75, 3.05) is 24.7 Å². The lowest BCUT2D eigenvalue weighted by molar-refractivity contribution is 0.361. The number of hydrogen-bond acceptors (Lipinski definition) is 5. The van der Waals surface area contributed by atoms with Crippen LogP contribution in [0.3, 0.4) is 0 Å². The molecule has 1 fully saturated rings. The Labute approximate surface area is 131 Å². The Bertz CT molecular complexity index is 566. The van der Waals surface area contributed by atoms with Gasteiger partial charge in [-0.3, -0.25) is 0 Å². The SMILES string of the molecule is CCCNc1cccnc1S(=O)(=O)NCC1(SC)CCC1. The van der Waals surface area contributed by atoms with E-state index in [9.17, 15) is 8.42 Å². The van der Waals surface area contributed by atoms with Crippen molar-refractivity contribution in [1.29, 1.82) is 0 Å². The van der Waals surface area contributed by atoms with Crippen LogP contribution >= 0.6 is 11.8 Å². The summed E-state index contributed by atoms with van der Waals surface area (Å²) in [7, 11) is -3.58. The Morgan fingerprint density at radius 1 is 1.43 bits per heavy atom. The highest BCUT2D eigenvalue weighted by molar-refractivity contribution is 8.00. The summed E-state index contributed by atoms with van der Waals surface area (Å²) in [5.74, 6) is 0. The van der Waals surface area contributed by atoms with Crippen LogP contribution in [0.5, 0.6) is 0 Å². The Hall–Kier alpha value is -0.790. The molecule has 0 amide bonds. The Morgan fingerprint density at radius 3 is 2.76 bits per heavy atom. The fourth-order valence-corrected chi connectivity index (χ4v) is 4.56. The summed E-state index contributed by atoms with van der Waals surface area (Å²) in [5.41, 5.74) is 0.568. The normalized spacial score (nSPS) is 17.2. The summed E-state index contributed by atoms with van der Waals surface area (Å²) in [6, 6.07) is 3.50. The van der Waals surface area contributed by atoms with Crippen molar-refractivity contribution >= 4 is 27.5 Å². The molecule has 118 valence electrons. The van der Waals surface area contributed by atoms with E-state index in [2.05, 4.69) is 15.0 Å². The van der Waals surface area contributed by atoms with Crippen LogP contribution in [-0.2, 0) is 10.0 Å². The Kier molecular flexibility index (Phi) is 5.51. The zero-order chi connectivity index (χ0) is 15.3. The van der Waals surface area contributed by atoms with Crippen LogP contribution < -0.4 is 10.0 Å². The number of rotatable bonds is 8. The molecule has 5 nitrogen and oxygen atoms in total. The molecule has 2 rings (SSSR count). The molecule has 0 atom stereocenters. The second-order valence-electron chi connectivity index (χ2n) is 5.35. The van der Waals surface area contributed by atoms with E-state index in [1.165, 1.54) is 12.6 Å². The second-order valence-corrected chi connectivity index (χ2v) is 8.30. The number of pyridine rings is 1. The molecule has 0 aromatic carbocycles. The van der Waals surface area contributed by atoms with Gasteiger partial charge < -0.3 is 5.32 Å². The molecule has 0 unspecified atom stereocenters. The number of nitrogens with zero attached hydrogens (tertiary/aromatic N) is 1. The summed E-state index contributed by atoms with van der Waals surface area (Å²) in [4.78, 5) is 4.05. The highest BCUT2D eigenvalue weighted by atomic mass is 32.2. The molecule has 2 N–H and O–H groups in total. The average Bonchev–Trinajstić information content (AvgIpc) is 2.44. The molecule has 0 saturated heterocycles. The van der Waals surface area contributed by atoms with Crippen LogP contribution in [0.15, 0.2) is 23.4 Å². The lowest BCUT2D eigenvalue weighted by Crippen LogP contribution is -2.45. The maximum atomic E-state index is 12.5. The molecule has 0 aliphatic heterocycles. The standard InChI is InChI=1S/C14H23N3O2S2/c1-3-9-15-12-6-4-10-16-13(12)21(18,19)17-11-14(20-2)7-5-8-14/h4,6,10,15,17H,3,5,7-9,11H2,1-2H3. The van der Waals surface area contributed by atoms with Gasteiger partial charge in [-0.25, -0.2) is 18.1 Å². The highest BCUT2D eigenvalue weighted by Gasteiger charge is 2.37. The summed E-state index contributed by atoms with van der Waals surface area (Å²) in [6.07, 6.45) is 7.80. The zero-order valence-electron chi connectivity index (χ0n) is 12.6. The second kappa shape index (κ2) is 6.98. The Morgan fingerprint density at radius 2 is 2.19 bits per heavy atom. The quantitative estimate of drug-likeness (QED) is 0.766. The van der Waals surface area contributed by atoms with Crippen molar-refractivity contribution in [3.05, 3.63) is 18.3 Å². The van der Waals surface area contributed by atoms with Crippen LogP contribution in [0.25, 0.3) is 0 Å². The predicted molar refractivity (Wildman–Crippen MR) is 88.3 cm³/mol. The van der Waals surface area contributed by atoms with Gasteiger partial charge in [0, 0.05) is 24.0 Å². The lowest BCUT2D eigenvalue weighted by atomic mass is 9.84.